The first-order valence-corrected chi connectivity index (χ1v) is 11.1. The average molecular weight is 514 g/mol. The van der Waals surface area contributed by atoms with Gasteiger partial charge in [-0.3, -0.25) is 4.79 Å². The van der Waals surface area contributed by atoms with Crippen LogP contribution < -0.4 is 15.8 Å². The van der Waals surface area contributed by atoms with Gasteiger partial charge in [-0.25, -0.2) is 4.98 Å². The van der Waals surface area contributed by atoms with E-state index in [4.69, 9.17) is 0 Å². The molecule has 1 fully saturated rings. The van der Waals surface area contributed by atoms with Crippen LogP contribution in [0.25, 0.3) is 22.0 Å². The van der Waals surface area contributed by atoms with Crippen molar-refractivity contribution in [3.8, 4) is 16.9 Å². The van der Waals surface area contributed by atoms with Gasteiger partial charge in [0, 0.05) is 67.8 Å². The highest BCUT2D eigenvalue weighted by Gasteiger charge is 2.15. The number of anilines is 3. The maximum absolute atomic E-state index is 13.0. The number of piperazine rings is 1. The van der Waals surface area contributed by atoms with Crippen LogP contribution in [-0.2, 0) is 7.05 Å². The summed E-state index contributed by atoms with van der Waals surface area (Å²) in [6, 6.07) is 18.8. The van der Waals surface area contributed by atoms with Crippen LogP contribution in [0.15, 0.2) is 71.7 Å². The summed E-state index contributed by atoms with van der Waals surface area (Å²) in [5.41, 5.74) is 4.03. The molecule has 7 nitrogen and oxygen atoms in total. The third-order valence-electron chi connectivity index (χ3n) is 6.25. The predicted octanol–water partition coefficient (Wildman–Crippen LogP) is 4.65. The zero-order valence-corrected chi connectivity index (χ0v) is 21.3. The SMILES string of the molecule is CN1CCN(c2cccc(Nc3cc4c(cn3)cc(-c3cccc(O)c3)c(=O)n4C)c2)CC1.Cl.Cl. The Morgan fingerprint density at radius 1 is 0.914 bits per heavy atom. The Kier molecular flexibility index (Phi) is 8.27. The smallest absolute Gasteiger partial charge is 0.258 e. The summed E-state index contributed by atoms with van der Waals surface area (Å²) < 4.78 is 1.63. The molecule has 2 N–H and O–H groups in total. The lowest BCUT2D eigenvalue weighted by Crippen LogP contribution is -2.44. The maximum Gasteiger partial charge on any atom is 0.258 e. The number of aromatic hydroxyl groups is 1. The van der Waals surface area contributed by atoms with E-state index in [9.17, 15) is 9.90 Å². The molecule has 0 radical (unpaired) electrons. The number of nitrogens with one attached hydrogen (secondary N) is 1. The fourth-order valence-electron chi connectivity index (χ4n) is 4.31. The molecular weight excluding hydrogens is 485 g/mol. The highest BCUT2D eigenvalue weighted by Crippen LogP contribution is 2.27. The Labute approximate surface area is 216 Å². The summed E-state index contributed by atoms with van der Waals surface area (Å²) >= 11 is 0. The number of hydrogen-bond donors (Lipinski definition) is 2. The molecular formula is C26H29Cl2N5O2. The largest absolute Gasteiger partial charge is 0.508 e. The molecule has 184 valence electrons. The molecule has 2 aromatic heterocycles. The number of phenols is 1. The van der Waals surface area contributed by atoms with E-state index < -0.39 is 0 Å². The highest BCUT2D eigenvalue weighted by molar-refractivity contribution is 5.86. The van der Waals surface area contributed by atoms with Gasteiger partial charge in [-0.05, 0) is 49.0 Å². The van der Waals surface area contributed by atoms with Crippen molar-refractivity contribution in [1.29, 1.82) is 0 Å². The van der Waals surface area contributed by atoms with Gasteiger partial charge < -0.3 is 24.8 Å². The fourth-order valence-corrected chi connectivity index (χ4v) is 4.31. The Hall–Kier alpha value is -3.26. The molecule has 35 heavy (non-hydrogen) atoms. The van der Waals surface area contributed by atoms with Crippen LogP contribution in [0.3, 0.4) is 0 Å². The zero-order chi connectivity index (χ0) is 22.9. The standard InChI is InChI=1S/C26H27N5O2.2ClH/c1-29-9-11-31(12-10-29)21-7-4-6-20(15-21)28-25-16-24-19(17-27-25)14-23(26(33)30(24)2)18-5-3-8-22(32)13-18;;/h3-8,13-17,32H,9-12H2,1-2H3,(H,27,28);2*1H. The molecule has 5 rings (SSSR count). The van der Waals surface area contributed by atoms with Gasteiger partial charge in [-0.1, -0.05) is 18.2 Å². The summed E-state index contributed by atoms with van der Waals surface area (Å²) in [4.78, 5) is 22.4. The molecule has 1 saturated heterocycles. The van der Waals surface area contributed by atoms with Crippen molar-refractivity contribution in [2.75, 3.05) is 43.4 Å². The van der Waals surface area contributed by atoms with Crippen molar-refractivity contribution in [2.24, 2.45) is 7.05 Å². The van der Waals surface area contributed by atoms with Crippen molar-refractivity contribution in [3.05, 3.63) is 77.2 Å². The molecule has 0 bridgehead atoms. The van der Waals surface area contributed by atoms with Crippen molar-refractivity contribution < 1.29 is 5.11 Å². The van der Waals surface area contributed by atoms with E-state index in [1.54, 1.807) is 36.0 Å². The molecule has 1 aliphatic heterocycles. The normalized spacial score (nSPS) is 13.7. The number of pyridine rings is 2. The molecule has 0 unspecified atom stereocenters. The number of aromatic nitrogens is 2. The Morgan fingerprint density at radius 2 is 1.66 bits per heavy atom. The molecule has 0 saturated carbocycles. The first-order valence-electron chi connectivity index (χ1n) is 11.1. The molecule has 3 heterocycles. The number of rotatable bonds is 4. The van der Waals surface area contributed by atoms with Crippen LogP contribution in [-0.4, -0.2) is 52.8 Å². The number of fused-ring (bicyclic) bond motifs is 1. The van der Waals surface area contributed by atoms with Crippen LogP contribution in [0.2, 0.25) is 0 Å². The third-order valence-corrected chi connectivity index (χ3v) is 6.25. The Morgan fingerprint density at radius 3 is 2.40 bits per heavy atom. The lowest BCUT2D eigenvalue weighted by Gasteiger charge is -2.34. The fraction of sp³-hybridized carbons (Fsp3) is 0.231. The minimum absolute atomic E-state index is 0. The second kappa shape index (κ2) is 11.0. The van der Waals surface area contributed by atoms with Crippen LogP contribution in [0, 0.1) is 0 Å². The molecule has 0 atom stereocenters. The van der Waals surface area contributed by atoms with Crippen LogP contribution in [0.1, 0.15) is 0 Å². The predicted molar refractivity (Wildman–Crippen MR) is 148 cm³/mol. The summed E-state index contributed by atoms with van der Waals surface area (Å²) in [6.45, 7) is 4.14. The third kappa shape index (κ3) is 5.53. The second-order valence-corrected chi connectivity index (χ2v) is 8.57. The second-order valence-electron chi connectivity index (χ2n) is 8.57. The van der Waals surface area contributed by atoms with E-state index in [0.29, 0.717) is 16.9 Å². The molecule has 0 spiro atoms. The number of hydrogen-bond acceptors (Lipinski definition) is 6. The Bertz CT molecular complexity index is 1380. The lowest BCUT2D eigenvalue weighted by atomic mass is 10.1. The van der Waals surface area contributed by atoms with Crippen molar-refractivity contribution in [1.82, 2.24) is 14.5 Å². The van der Waals surface area contributed by atoms with Crippen LogP contribution in [0.4, 0.5) is 17.2 Å². The van der Waals surface area contributed by atoms with E-state index in [-0.39, 0.29) is 36.1 Å². The number of likely N-dealkylation sites (N-methyl/N-ethyl adjacent to an activating group) is 1. The van der Waals surface area contributed by atoms with E-state index in [1.807, 2.05) is 30.3 Å². The quantitative estimate of drug-likeness (QED) is 0.413. The number of benzene rings is 2. The van der Waals surface area contributed by atoms with Crippen molar-refractivity contribution >= 4 is 52.9 Å². The minimum atomic E-state index is -0.123. The van der Waals surface area contributed by atoms with Gasteiger partial charge in [0.1, 0.15) is 11.6 Å². The van der Waals surface area contributed by atoms with Crippen molar-refractivity contribution in [2.45, 2.75) is 0 Å². The topological polar surface area (TPSA) is 73.6 Å². The van der Waals surface area contributed by atoms with Crippen LogP contribution >= 0.6 is 24.8 Å². The number of aryl methyl sites for hydroxylation is 1. The molecule has 9 heteroatoms. The maximum atomic E-state index is 13.0. The van der Waals surface area contributed by atoms with Gasteiger partial charge in [0.25, 0.3) is 5.56 Å². The zero-order valence-electron chi connectivity index (χ0n) is 19.6. The molecule has 2 aromatic carbocycles. The average Bonchev–Trinajstić information content (AvgIpc) is 2.82. The number of halogens is 2. The number of phenolic OH excluding ortho intramolecular Hbond substituents is 1. The van der Waals surface area contributed by atoms with Gasteiger partial charge in [0.15, 0.2) is 0 Å². The highest BCUT2D eigenvalue weighted by atomic mass is 35.5. The van der Waals surface area contributed by atoms with E-state index in [1.165, 1.54) is 5.69 Å². The number of nitrogens with zero attached hydrogens (tertiary/aromatic N) is 4. The van der Waals surface area contributed by atoms with Gasteiger partial charge in [-0.15, -0.1) is 24.8 Å². The van der Waals surface area contributed by atoms with Gasteiger partial charge >= 0.3 is 0 Å². The lowest BCUT2D eigenvalue weighted by molar-refractivity contribution is 0.313. The molecule has 4 aromatic rings. The monoisotopic (exact) mass is 513 g/mol. The molecule has 0 amide bonds. The van der Waals surface area contributed by atoms with E-state index in [2.05, 4.69) is 39.3 Å². The van der Waals surface area contributed by atoms with Crippen LogP contribution in [0.5, 0.6) is 5.75 Å². The minimum Gasteiger partial charge on any atom is -0.508 e. The van der Waals surface area contributed by atoms with Crippen molar-refractivity contribution in [3.63, 3.8) is 0 Å². The summed E-state index contributed by atoms with van der Waals surface area (Å²) in [5.74, 6) is 0.809. The van der Waals surface area contributed by atoms with Gasteiger partial charge in [-0.2, -0.15) is 0 Å². The summed E-state index contributed by atoms with van der Waals surface area (Å²) in [5, 5.41) is 14.0. The van der Waals surface area contributed by atoms with E-state index >= 15 is 0 Å². The first kappa shape index (κ1) is 26.3. The van der Waals surface area contributed by atoms with E-state index in [0.717, 1.165) is 42.8 Å². The van der Waals surface area contributed by atoms with Gasteiger partial charge in [0.2, 0.25) is 0 Å². The first-order chi connectivity index (χ1) is 16.0. The summed E-state index contributed by atoms with van der Waals surface area (Å²) in [6.07, 6.45) is 1.77. The van der Waals surface area contributed by atoms with Gasteiger partial charge in [0.05, 0.1) is 5.52 Å². The molecule has 0 aliphatic carbocycles. The Balaban J connectivity index is 0.00000171. The molecule has 1 aliphatic rings. The summed E-state index contributed by atoms with van der Waals surface area (Å²) in [7, 11) is 3.91.